The van der Waals surface area contributed by atoms with Gasteiger partial charge in [-0.25, -0.2) is 0 Å². The number of nitro benzene ring substituents is 1. The van der Waals surface area contributed by atoms with E-state index in [2.05, 4.69) is 0 Å². The molecular formula is C25H21N3O7. The second-order valence-corrected chi connectivity index (χ2v) is 8.50. The van der Waals surface area contributed by atoms with Crippen LogP contribution in [0.15, 0.2) is 48.5 Å². The Hall–Kier alpha value is -4.47. The van der Waals surface area contributed by atoms with Crippen molar-refractivity contribution in [1.29, 1.82) is 0 Å². The number of benzene rings is 2. The summed E-state index contributed by atoms with van der Waals surface area (Å²) in [5.41, 5.74) is 1.58. The second-order valence-electron chi connectivity index (χ2n) is 8.50. The summed E-state index contributed by atoms with van der Waals surface area (Å²) in [7, 11) is 0. The van der Waals surface area contributed by atoms with Crippen LogP contribution in [0.3, 0.4) is 0 Å². The second kappa shape index (κ2) is 8.39. The third-order valence-electron chi connectivity index (χ3n) is 6.29. The van der Waals surface area contributed by atoms with Crippen molar-refractivity contribution < 1.29 is 28.8 Å². The molecule has 0 radical (unpaired) electrons. The minimum absolute atomic E-state index is 0.0496. The fraction of sp³-hybridized carbons (Fsp3) is 0.240. The third-order valence-corrected chi connectivity index (χ3v) is 6.29. The zero-order chi connectivity index (χ0) is 24.9. The minimum atomic E-state index is -0.720. The number of para-hydroxylation sites is 2. The maximum Gasteiger partial charge on any atom is 0.270 e. The lowest BCUT2D eigenvalue weighted by Crippen LogP contribution is -2.35. The highest BCUT2D eigenvalue weighted by Gasteiger charge is 2.38. The molecule has 0 saturated carbocycles. The van der Waals surface area contributed by atoms with Crippen LogP contribution in [-0.4, -0.2) is 51.2 Å². The summed E-state index contributed by atoms with van der Waals surface area (Å²) in [4.78, 5) is 49.8. The topological polar surface area (TPSA) is 121 Å². The monoisotopic (exact) mass is 475 g/mol. The quantitative estimate of drug-likeness (QED) is 0.232. The van der Waals surface area contributed by atoms with Gasteiger partial charge in [0.05, 0.1) is 29.1 Å². The van der Waals surface area contributed by atoms with E-state index >= 15 is 0 Å². The van der Waals surface area contributed by atoms with Crippen LogP contribution < -0.4 is 9.47 Å². The molecule has 178 valence electrons. The molecular weight excluding hydrogens is 454 g/mol. The Balaban J connectivity index is 1.33. The van der Waals surface area contributed by atoms with Crippen LogP contribution in [0.5, 0.6) is 11.5 Å². The number of carbonyl (C=O) groups excluding carboxylic acids is 3. The Labute approximate surface area is 199 Å². The molecule has 10 heteroatoms. The maximum atomic E-state index is 13.1. The van der Waals surface area contributed by atoms with E-state index in [0.717, 1.165) is 16.7 Å². The van der Waals surface area contributed by atoms with Crippen LogP contribution in [0.25, 0.3) is 0 Å². The van der Waals surface area contributed by atoms with Gasteiger partial charge in [0.2, 0.25) is 0 Å². The number of ketones is 1. The van der Waals surface area contributed by atoms with Crippen LogP contribution in [0, 0.1) is 24.0 Å². The molecule has 2 aliphatic heterocycles. The van der Waals surface area contributed by atoms with Crippen molar-refractivity contribution in [3.63, 3.8) is 0 Å². The van der Waals surface area contributed by atoms with Gasteiger partial charge in [0.25, 0.3) is 17.5 Å². The largest absolute Gasteiger partial charge is 0.486 e. The summed E-state index contributed by atoms with van der Waals surface area (Å²) >= 11 is 0. The predicted molar refractivity (Wildman–Crippen MR) is 123 cm³/mol. The van der Waals surface area contributed by atoms with Crippen molar-refractivity contribution in [3.8, 4) is 11.5 Å². The van der Waals surface area contributed by atoms with Gasteiger partial charge in [0.15, 0.2) is 23.4 Å². The summed E-state index contributed by atoms with van der Waals surface area (Å²) < 4.78 is 13.8. The molecule has 10 nitrogen and oxygen atoms in total. The Bertz CT molecular complexity index is 1410. The predicted octanol–water partition coefficient (Wildman–Crippen LogP) is 3.33. The molecule has 0 fully saturated rings. The first-order chi connectivity index (χ1) is 16.7. The Morgan fingerprint density at radius 2 is 1.77 bits per heavy atom. The molecule has 0 saturated heterocycles. The first-order valence-electron chi connectivity index (χ1n) is 11.0. The van der Waals surface area contributed by atoms with Gasteiger partial charge < -0.3 is 14.0 Å². The number of hydrogen-bond donors (Lipinski definition) is 0. The van der Waals surface area contributed by atoms with E-state index in [0.29, 0.717) is 35.9 Å². The number of amides is 2. The number of ether oxygens (including phenoxy) is 2. The molecule has 0 bridgehead atoms. The zero-order valence-corrected chi connectivity index (χ0v) is 19.0. The van der Waals surface area contributed by atoms with Crippen LogP contribution >= 0.6 is 0 Å². The molecule has 1 atom stereocenters. The SMILES string of the molecule is Cc1cc(C(=O)CN2C(=O)c3ccc([N+](=O)[O-])cc3C2=O)c(C)n1C[C@H]1COc2ccccc2O1. The summed E-state index contributed by atoms with van der Waals surface area (Å²) in [5.74, 6) is -0.421. The number of nitro groups is 1. The summed E-state index contributed by atoms with van der Waals surface area (Å²) in [5, 5.41) is 11.0. The molecule has 35 heavy (non-hydrogen) atoms. The van der Waals surface area contributed by atoms with Gasteiger partial charge in [-0.3, -0.25) is 29.4 Å². The number of aromatic nitrogens is 1. The minimum Gasteiger partial charge on any atom is -0.486 e. The van der Waals surface area contributed by atoms with Crippen LogP contribution in [-0.2, 0) is 6.54 Å². The lowest BCUT2D eigenvalue weighted by Gasteiger charge is -2.27. The molecule has 3 aromatic rings. The van der Waals surface area contributed by atoms with E-state index in [-0.39, 0.29) is 22.9 Å². The zero-order valence-electron chi connectivity index (χ0n) is 19.0. The highest BCUT2D eigenvalue weighted by molar-refractivity contribution is 6.23. The van der Waals surface area contributed by atoms with Crippen LogP contribution in [0.2, 0.25) is 0 Å². The van der Waals surface area contributed by atoms with E-state index in [1.54, 1.807) is 13.0 Å². The van der Waals surface area contributed by atoms with Crippen molar-refractivity contribution in [2.75, 3.05) is 13.2 Å². The van der Waals surface area contributed by atoms with E-state index in [1.807, 2.05) is 35.8 Å². The number of non-ortho nitro benzene ring substituents is 1. The van der Waals surface area contributed by atoms with Gasteiger partial charge in [-0.05, 0) is 38.1 Å². The van der Waals surface area contributed by atoms with Gasteiger partial charge in [-0.1, -0.05) is 12.1 Å². The molecule has 0 spiro atoms. The highest BCUT2D eigenvalue weighted by Crippen LogP contribution is 2.32. The Kier molecular flexibility index (Phi) is 5.35. The number of nitrogens with zero attached hydrogens (tertiary/aromatic N) is 3. The molecule has 2 amide bonds. The average molecular weight is 475 g/mol. The van der Waals surface area contributed by atoms with E-state index < -0.39 is 29.1 Å². The number of fused-ring (bicyclic) bond motifs is 2. The number of aryl methyl sites for hydroxylation is 1. The molecule has 3 heterocycles. The van der Waals surface area contributed by atoms with Crippen molar-refractivity contribution in [1.82, 2.24) is 9.47 Å². The van der Waals surface area contributed by atoms with Crippen molar-refractivity contribution in [3.05, 3.63) is 86.7 Å². The molecule has 5 rings (SSSR count). The summed E-state index contributed by atoms with van der Waals surface area (Å²) in [6.45, 7) is 4.02. The van der Waals surface area contributed by atoms with Crippen molar-refractivity contribution >= 4 is 23.3 Å². The molecule has 2 aromatic carbocycles. The number of Topliss-reactive ketones (excluding diaryl/α,β-unsaturated/α-hetero) is 1. The first kappa shape index (κ1) is 22.3. The first-order valence-corrected chi connectivity index (χ1v) is 11.0. The summed E-state index contributed by atoms with van der Waals surface area (Å²) in [6.07, 6.45) is -0.260. The number of imide groups is 1. The third kappa shape index (κ3) is 3.82. The van der Waals surface area contributed by atoms with Gasteiger partial charge in [-0.15, -0.1) is 0 Å². The molecule has 0 unspecified atom stereocenters. The number of hydrogen-bond acceptors (Lipinski definition) is 7. The fourth-order valence-corrected chi connectivity index (χ4v) is 4.49. The molecule has 0 N–H and O–H groups in total. The Morgan fingerprint density at radius 3 is 2.51 bits per heavy atom. The van der Waals surface area contributed by atoms with Gasteiger partial charge in [0, 0.05) is 29.1 Å². The average Bonchev–Trinajstić information content (AvgIpc) is 3.26. The van der Waals surface area contributed by atoms with Gasteiger partial charge >= 0.3 is 0 Å². The number of carbonyl (C=O) groups is 3. The standard InChI is InChI=1S/C25H21N3O7/c1-14-9-19(15(2)26(14)11-17-13-34-22-5-3-4-6-23(22)35-17)21(29)12-27-24(30)18-8-7-16(28(32)33)10-20(18)25(27)31/h3-10,17H,11-13H2,1-2H3/t17-/m0/s1. The summed E-state index contributed by atoms with van der Waals surface area (Å²) in [6, 6.07) is 12.6. The molecule has 1 aromatic heterocycles. The lowest BCUT2D eigenvalue weighted by atomic mass is 10.1. The normalized spacial score (nSPS) is 16.4. The maximum absolute atomic E-state index is 13.1. The van der Waals surface area contributed by atoms with E-state index in [4.69, 9.17) is 9.47 Å². The fourth-order valence-electron chi connectivity index (χ4n) is 4.49. The number of rotatable bonds is 6. The van der Waals surface area contributed by atoms with Crippen LogP contribution in [0.1, 0.15) is 42.5 Å². The molecule has 2 aliphatic rings. The molecule has 0 aliphatic carbocycles. The lowest BCUT2D eigenvalue weighted by molar-refractivity contribution is -0.384. The van der Waals surface area contributed by atoms with Gasteiger partial charge in [-0.2, -0.15) is 0 Å². The highest BCUT2D eigenvalue weighted by atomic mass is 16.6. The van der Waals surface area contributed by atoms with E-state index in [9.17, 15) is 24.5 Å². The van der Waals surface area contributed by atoms with Crippen molar-refractivity contribution in [2.45, 2.75) is 26.5 Å². The van der Waals surface area contributed by atoms with Crippen LogP contribution in [0.4, 0.5) is 5.69 Å². The Morgan fingerprint density at radius 1 is 1.06 bits per heavy atom. The van der Waals surface area contributed by atoms with Gasteiger partial charge in [0.1, 0.15) is 6.61 Å². The van der Waals surface area contributed by atoms with Crippen molar-refractivity contribution in [2.24, 2.45) is 0 Å². The van der Waals surface area contributed by atoms with E-state index in [1.165, 1.54) is 12.1 Å². The smallest absolute Gasteiger partial charge is 0.270 e.